The number of ether oxygens (including phenoxy) is 4. The van der Waals surface area contributed by atoms with E-state index < -0.39 is 0 Å². The highest BCUT2D eigenvalue weighted by Crippen LogP contribution is 2.23. The molecule has 0 spiro atoms. The van der Waals surface area contributed by atoms with Gasteiger partial charge in [0.05, 0.1) is 54.1 Å². The Bertz CT molecular complexity index is 1080. The number of pyridine rings is 2. The number of nitrogens with zero attached hydrogens (tertiary/aromatic N) is 6. The topological polar surface area (TPSA) is 144 Å². The zero-order valence-electron chi connectivity index (χ0n) is 25.9. The number of anilines is 4. The number of carbonyl (C=O) groups excluding carboxylic acids is 4. The van der Waals surface area contributed by atoms with E-state index in [1.54, 1.807) is 0 Å². The molecule has 0 N–H and O–H groups in total. The monoisotopic (exact) mass is 614 g/mol. The Hall–Kier alpha value is -4.62. The minimum absolute atomic E-state index is 0.152. The summed E-state index contributed by atoms with van der Waals surface area (Å²) >= 11 is 0. The molecule has 0 radical (unpaired) electrons. The third-order valence-electron chi connectivity index (χ3n) is 7.27. The van der Waals surface area contributed by atoms with Gasteiger partial charge in [-0.05, 0) is 24.3 Å². The van der Waals surface area contributed by atoms with Crippen molar-refractivity contribution in [2.45, 2.75) is 25.7 Å². The Morgan fingerprint density at radius 3 is 0.932 bits per heavy atom. The summed E-state index contributed by atoms with van der Waals surface area (Å²) in [4.78, 5) is 66.1. The van der Waals surface area contributed by atoms with Crippen LogP contribution < -0.4 is 19.6 Å². The molecular weight excluding hydrogens is 572 g/mol. The number of hydrogen-bond donors (Lipinski definition) is 0. The first kappa shape index (κ1) is 33.9. The van der Waals surface area contributed by atoms with E-state index in [1.165, 1.54) is 28.4 Å². The summed E-state index contributed by atoms with van der Waals surface area (Å²) in [5.41, 5.74) is 0. The number of aromatic nitrogens is 2. The summed E-state index contributed by atoms with van der Waals surface area (Å²) in [6, 6.07) is 11.2. The van der Waals surface area contributed by atoms with Crippen LogP contribution in [0.2, 0.25) is 0 Å². The predicted octanol–water partition coefficient (Wildman–Crippen LogP) is 1.67. The summed E-state index contributed by atoms with van der Waals surface area (Å²) < 4.78 is 19.5. The van der Waals surface area contributed by atoms with Gasteiger partial charge in [0.15, 0.2) is 0 Å². The third-order valence-corrected chi connectivity index (χ3v) is 7.27. The van der Waals surface area contributed by atoms with Crippen LogP contribution in [0, 0.1) is 0 Å². The van der Waals surface area contributed by atoms with Gasteiger partial charge in [-0.2, -0.15) is 0 Å². The molecule has 0 saturated carbocycles. The lowest BCUT2D eigenvalue weighted by molar-refractivity contribution is -0.141. The van der Waals surface area contributed by atoms with Gasteiger partial charge in [0.2, 0.25) is 0 Å². The van der Waals surface area contributed by atoms with Gasteiger partial charge in [-0.1, -0.05) is 12.1 Å². The van der Waals surface area contributed by atoms with Gasteiger partial charge in [0.1, 0.15) is 23.3 Å². The van der Waals surface area contributed by atoms with Gasteiger partial charge in [0.25, 0.3) is 0 Å². The Kier molecular flexibility index (Phi) is 13.5. The van der Waals surface area contributed by atoms with Crippen LogP contribution in [-0.4, -0.2) is 115 Å². The van der Waals surface area contributed by atoms with Crippen molar-refractivity contribution in [3.8, 4) is 0 Å². The first-order valence-electron chi connectivity index (χ1n) is 14.5. The van der Waals surface area contributed by atoms with Crippen molar-refractivity contribution in [2.24, 2.45) is 0 Å². The lowest BCUT2D eigenvalue weighted by atomic mass is 10.2. The molecule has 14 nitrogen and oxygen atoms in total. The highest BCUT2D eigenvalue weighted by Gasteiger charge is 2.21. The van der Waals surface area contributed by atoms with E-state index in [9.17, 15) is 19.2 Å². The highest BCUT2D eigenvalue weighted by molar-refractivity contribution is 5.71. The lowest BCUT2D eigenvalue weighted by Crippen LogP contribution is -2.41. The second-order valence-electron chi connectivity index (χ2n) is 9.96. The Morgan fingerprint density at radius 2 is 0.727 bits per heavy atom. The van der Waals surface area contributed by atoms with Gasteiger partial charge in [0, 0.05) is 52.4 Å². The quantitative estimate of drug-likeness (QED) is 0.252. The van der Waals surface area contributed by atoms with Crippen LogP contribution in [-0.2, 0) is 38.1 Å². The standard InChI is InChI=1S/C30H42N6O8/c1-41-27(37)11-15-33-19-20-34(16-12-28(38)42-2)25-9-6-10-26(32-25)36(18-14-30(40)44-4)22-21-35(17-13-29(39)43-3)24-8-5-7-23(33)31-24/h5-10H,11-22H2,1-4H3. The summed E-state index contributed by atoms with van der Waals surface area (Å²) in [6.45, 7) is 3.22. The van der Waals surface area contributed by atoms with Gasteiger partial charge in [-0.15, -0.1) is 0 Å². The van der Waals surface area contributed by atoms with Crippen molar-refractivity contribution >= 4 is 47.1 Å². The zero-order valence-corrected chi connectivity index (χ0v) is 25.9. The van der Waals surface area contributed by atoms with Crippen molar-refractivity contribution < 1.29 is 38.1 Å². The summed E-state index contributed by atoms with van der Waals surface area (Å²) in [5.74, 6) is 1.20. The van der Waals surface area contributed by atoms with Gasteiger partial charge in [-0.3, -0.25) is 19.2 Å². The molecule has 14 heteroatoms. The number of fused-ring (bicyclic) bond motifs is 4. The normalized spacial score (nSPS) is 13.5. The number of methoxy groups -OCH3 is 4. The van der Waals surface area contributed by atoms with Crippen LogP contribution in [0.3, 0.4) is 0 Å². The van der Waals surface area contributed by atoms with E-state index >= 15 is 0 Å². The first-order valence-corrected chi connectivity index (χ1v) is 14.5. The molecule has 2 aromatic heterocycles. The van der Waals surface area contributed by atoms with Crippen molar-refractivity contribution in [2.75, 3.05) is 100 Å². The molecule has 44 heavy (non-hydrogen) atoms. The van der Waals surface area contributed by atoms with Crippen LogP contribution in [0.1, 0.15) is 25.7 Å². The van der Waals surface area contributed by atoms with Crippen molar-refractivity contribution in [1.82, 2.24) is 9.97 Å². The lowest BCUT2D eigenvalue weighted by Gasteiger charge is -2.33. The molecular formula is C30H42N6O8. The molecule has 0 saturated heterocycles. The van der Waals surface area contributed by atoms with Gasteiger partial charge in [-0.25, -0.2) is 9.97 Å². The molecule has 0 unspecified atom stereocenters. The molecule has 3 heterocycles. The van der Waals surface area contributed by atoms with E-state index in [0.29, 0.717) is 75.6 Å². The van der Waals surface area contributed by atoms with E-state index in [2.05, 4.69) is 0 Å². The molecule has 4 bridgehead atoms. The highest BCUT2D eigenvalue weighted by atomic mass is 16.5. The number of hydrogen-bond acceptors (Lipinski definition) is 14. The van der Waals surface area contributed by atoms with Gasteiger partial charge >= 0.3 is 23.9 Å². The van der Waals surface area contributed by atoms with Crippen molar-refractivity contribution in [3.63, 3.8) is 0 Å². The van der Waals surface area contributed by atoms with Crippen LogP contribution in [0.15, 0.2) is 36.4 Å². The number of carbonyl (C=O) groups is 4. The minimum Gasteiger partial charge on any atom is -0.469 e. The predicted molar refractivity (Wildman–Crippen MR) is 164 cm³/mol. The third kappa shape index (κ3) is 10.3. The maximum atomic E-state index is 12.1. The smallest absolute Gasteiger partial charge is 0.307 e. The number of rotatable bonds is 12. The molecule has 0 aromatic carbocycles. The first-order chi connectivity index (χ1) is 21.3. The molecule has 0 aliphatic carbocycles. The molecule has 0 fully saturated rings. The van der Waals surface area contributed by atoms with Gasteiger partial charge < -0.3 is 38.5 Å². The summed E-state index contributed by atoms with van der Waals surface area (Å²) in [6.07, 6.45) is 0.609. The molecule has 240 valence electrons. The molecule has 0 atom stereocenters. The molecule has 1 aliphatic heterocycles. The SMILES string of the molecule is COC(=O)CCN1CCN(CCC(=O)OC)c2cccc(n2)N(CCC(=O)OC)CCN(CCC(=O)OC)c2cccc1n2. The molecule has 1 aliphatic rings. The van der Waals surface area contributed by atoms with Crippen LogP contribution in [0.25, 0.3) is 0 Å². The maximum absolute atomic E-state index is 12.1. The summed E-state index contributed by atoms with van der Waals surface area (Å²) in [7, 11) is 5.41. The van der Waals surface area contributed by atoms with E-state index in [0.717, 1.165) is 0 Å². The average molecular weight is 615 g/mol. The second-order valence-corrected chi connectivity index (χ2v) is 9.96. The molecule has 0 amide bonds. The fourth-order valence-corrected chi connectivity index (χ4v) is 4.69. The second kappa shape index (κ2) is 17.5. The number of esters is 4. The fraction of sp³-hybridized carbons (Fsp3) is 0.533. The van der Waals surface area contributed by atoms with Crippen molar-refractivity contribution in [1.29, 1.82) is 0 Å². The average Bonchev–Trinajstić information content (AvgIpc) is 3.06. The Balaban J connectivity index is 2.05. The fourth-order valence-electron chi connectivity index (χ4n) is 4.69. The Morgan fingerprint density at radius 1 is 0.500 bits per heavy atom. The molecule has 3 rings (SSSR count). The van der Waals surface area contributed by atoms with Crippen LogP contribution in [0.5, 0.6) is 0 Å². The maximum Gasteiger partial charge on any atom is 0.307 e. The van der Waals surface area contributed by atoms with E-state index in [1.807, 2.05) is 56.0 Å². The largest absolute Gasteiger partial charge is 0.469 e. The van der Waals surface area contributed by atoms with E-state index in [4.69, 9.17) is 28.9 Å². The Labute approximate surface area is 257 Å². The van der Waals surface area contributed by atoms with E-state index in [-0.39, 0.29) is 49.6 Å². The van der Waals surface area contributed by atoms with Crippen LogP contribution >= 0.6 is 0 Å². The van der Waals surface area contributed by atoms with Crippen molar-refractivity contribution in [3.05, 3.63) is 36.4 Å². The minimum atomic E-state index is -0.343. The molecule has 2 aromatic rings. The summed E-state index contributed by atoms with van der Waals surface area (Å²) in [5, 5.41) is 0. The van der Waals surface area contributed by atoms with Crippen LogP contribution in [0.4, 0.5) is 23.3 Å². The zero-order chi connectivity index (χ0) is 31.9.